The van der Waals surface area contributed by atoms with Crippen molar-refractivity contribution in [2.75, 3.05) is 7.11 Å². The lowest BCUT2D eigenvalue weighted by molar-refractivity contribution is -0.121. The number of nitrogens with two attached hydrogens (primary N) is 1. The van der Waals surface area contributed by atoms with Crippen LogP contribution < -0.4 is 15.8 Å². The van der Waals surface area contributed by atoms with Crippen molar-refractivity contribution in [2.24, 2.45) is 5.73 Å². The summed E-state index contributed by atoms with van der Waals surface area (Å²) in [5.41, 5.74) is 6.74. The van der Waals surface area contributed by atoms with Crippen LogP contribution in [0.3, 0.4) is 0 Å². The standard InChI is InChI=1S/C16H20N2O2S/c1-11(17)9-16(19)18-10-14-7-8-15(21-14)12-3-5-13(20-2)6-4-12/h3-8,11H,9-10,17H2,1-2H3,(H,18,19). The summed E-state index contributed by atoms with van der Waals surface area (Å²) >= 11 is 1.67. The van der Waals surface area contributed by atoms with Gasteiger partial charge in [0, 0.05) is 22.2 Å². The summed E-state index contributed by atoms with van der Waals surface area (Å²) in [6.07, 6.45) is 0.358. The minimum Gasteiger partial charge on any atom is -0.497 e. The Morgan fingerprint density at radius 1 is 1.29 bits per heavy atom. The number of ether oxygens (including phenoxy) is 1. The molecule has 0 saturated carbocycles. The quantitative estimate of drug-likeness (QED) is 0.862. The molecule has 2 aromatic rings. The molecule has 1 atom stereocenters. The van der Waals surface area contributed by atoms with E-state index in [1.54, 1.807) is 18.4 Å². The molecule has 0 spiro atoms. The molecule has 3 N–H and O–H groups in total. The van der Waals surface area contributed by atoms with Crippen molar-refractivity contribution >= 4 is 17.2 Å². The molecule has 112 valence electrons. The molecule has 1 unspecified atom stereocenters. The molecule has 1 aromatic heterocycles. The van der Waals surface area contributed by atoms with Gasteiger partial charge in [-0.3, -0.25) is 4.79 Å². The first kappa shape index (κ1) is 15.5. The van der Waals surface area contributed by atoms with Crippen LogP contribution in [-0.2, 0) is 11.3 Å². The van der Waals surface area contributed by atoms with Gasteiger partial charge in [-0.1, -0.05) is 0 Å². The van der Waals surface area contributed by atoms with Gasteiger partial charge in [0.05, 0.1) is 13.7 Å². The van der Waals surface area contributed by atoms with Crippen molar-refractivity contribution in [1.82, 2.24) is 5.32 Å². The predicted octanol–water partition coefficient (Wildman–Crippen LogP) is 2.78. The van der Waals surface area contributed by atoms with Crippen LogP contribution in [0.4, 0.5) is 0 Å². The molecule has 0 aliphatic carbocycles. The minimum atomic E-state index is -0.108. The number of rotatable bonds is 6. The summed E-state index contributed by atoms with van der Waals surface area (Å²) < 4.78 is 5.15. The van der Waals surface area contributed by atoms with Crippen LogP contribution in [0.25, 0.3) is 10.4 Å². The van der Waals surface area contributed by atoms with Gasteiger partial charge in [0.2, 0.25) is 5.91 Å². The van der Waals surface area contributed by atoms with E-state index in [0.717, 1.165) is 16.2 Å². The second-order valence-corrected chi connectivity index (χ2v) is 6.12. The maximum absolute atomic E-state index is 11.6. The summed E-state index contributed by atoms with van der Waals surface area (Å²) in [5, 5.41) is 2.88. The monoisotopic (exact) mass is 304 g/mol. The van der Waals surface area contributed by atoms with E-state index in [9.17, 15) is 4.79 Å². The molecule has 5 heteroatoms. The van der Waals surface area contributed by atoms with E-state index in [-0.39, 0.29) is 11.9 Å². The summed E-state index contributed by atoms with van der Waals surface area (Å²) in [7, 11) is 1.66. The highest BCUT2D eigenvalue weighted by Crippen LogP contribution is 2.29. The fraction of sp³-hybridized carbons (Fsp3) is 0.312. The zero-order valence-electron chi connectivity index (χ0n) is 12.3. The third kappa shape index (κ3) is 4.58. The zero-order valence-corrected chi connectivity index (χ0v) is 13.1. The second-order valence-electron chi connectivity index (χ2n) is 4.95. The van der Waals surface area contributed by atoms with Gasteiger partial charge in [-0.05, 0) is 48.9 Å². The smallest absolute Gasteiger partial charge is 0.221 e. The Kier molecular flexibility index (Phi) is 5.36. The third-order valence-electron chi connectivity index (χ3n) is 3.00. The van der Waals surface area contributed by atoms with Gasteiger partial charge < -0.3 is 15.8 Å². The lowest BCUT2D eigenvalue weighted by Crippen LogP contribution is -2.29. The number of hydrogen-bond acceptors (Lipinski definition) is 4. The van der Waals surface area contributed by atoms with Gasteiger partial charge in [0.1, 0.15) is 5.75 Å². The van der Waals surface area contributed by atoms with Crippen LogP contribution >= 0.6 is 11.3 Å². The number of carbonyl (C=O) groups is 1. The average molecular weight is 304 g/mol. The van der Waals surface area contributed by atoms with E-state index < -0.39 is 0 Å². The highest BCUT2D eigenvalue weighted by atomic mass is 32.1. The van der Waals surface area contributed by atoms with Gasteiger partial charge in [-0.2, -0.15) is 0 Å². The first-order chi connectivity index (χ1) is 10.1. The van der Waals surface area contributed by atoms with Gasteiger partial charge in [-0.25, -0.2) is 0 Å². The van der Waals surface area contributed by atoms with Crippen LogP contribution in [0.2, 0.25) is 0 Å². The maximum Gasteiger partial charge on any atom is 0.221 e. The molecule has 21 heavy (non-hydrogen) atoms. The van der Waals surface area contributed by atoms with Crippen molar-refractivity contribution in [1.29, 1.82) is 0 Å². The maximum atomic E-state index is 11.6. The largest absolute Gasteiger partial charge is 0.497 e. The molecule has 1 amide bonds. The molecule has 0 bridgehead atoms. The molecular weight excluding hydrogens is 284 g/mol. The van der Waals surface area contributed by atoms with Crippen LogP contribution in [0.5, 0.6) is 5.75 Å². The fourth-order valence-electron chi connectivity index (χ4n) is 1.93. The first-order valence-electron chi connectivity index (χ1n) is 6.84. The van der Waals surface area contributed by atoms with Gasteiger partial charge in [0.25, 0.3) is 0 Å². The highest BCUT2D eigenvalue weighted by Gasteiger charge is 2.07. The summed E-state index contributed by atoms with van der Waals surface area (Å²) in [4.78, 5) is 13.9. The summed E-state index contributed by atoms with van der Waals surface area (Å²) in [5.74, 6) is 0.836. The number of thiophene rings is 1. The molecule has 2 rings (SSSR count). The average Bonchev–Trinajstić information content (AvgIpc) is 2.93. The number of amides is 1. The fourth-order valence-corrected chi connectivity index (χ4v) is 2.89. The van der Waals surface area contributed by atoms with E-state index in [4.69, 9.17) is 10.5 Å². The number of methoxy groups -OCH3 is 1. The molecule has 4 nitrogen and oxygen atoms in total. The third-order valence-corrected chi connectivity index (χ3v) is 4.14. The van der Waals surface area contributed by atoms with Crippen LogP contribution in [0, 0.1) is 0 Å². The molecule has 0 aliphatic rings. The molecule has 0 radical (unpaired) electrons. The van der Waals surface area contributed by atoms with E-state index in [1.165, 1.54) is 4.88 Å². The predicted molar refractivity (Wildman–Crippen MR) is 86.4 cm³/mol. The van der Waals surface area contributed by atoms with Crippen LogP contribution in [0.1, 0.15) is 18.2 Å². The zero-order chi connectivity index (χ0) is 15.2. The van der Waals surface area contributed by atoms with Gasteiger partial charge >= 0.3 is 0 Å². The highest BCUT2D eigenvalue weighted by molar-refractivity contribution is 7.15. The Morgan fingerprint density at radius 3 is 2.62 bits per heavy atom. The number of benzene rings is 1. The molecule has 0 fully saturated rings. The molecule has 1 heterocycles. The SMILES string of the molecule is COc1ccc(-c2ccc(CNC(=O)CC(C)N)s2)cc1. The van der Waals surface area contributed by atoms with Crippen LogP contribution in [0.15, 0.2) is 36.4 Å². The molecule has 0 aliphatic heterocycles. The van der Waals surface area contributed by atoms with Crippen molar-refractivity contribution < 1.29 is 9.53 Å². The van der Waals surface area contributed by atoms with Crippen molar-refractivity contribution in [3.63, 3.8) is 0 Å². The van der Waals surface area contributed by atoms with Crippen molar-refractivity contribution in [3.8, 4) is 16.2 Å². The first-order valence-corrected chi connectivity index (χ1v) is 7.65. The van der Waals surface area contributed by atoms with Gasteiger partial charge in [-0.15, -0.1) is 11.3 Å². The Morgan fingerprint density at radius 2 is 2.00 bits per heavy atom. The van der Waals surface area contributed by atoms with E-state index in [2.05, 4.69) is 11.4 Å². The normalized spacial score (nSPS) is 12.0. The van der Waals surface area contributed by atoms with E-state index in [0.29, 0.717) is 13.0 Å². The van der Waals surface area contributed by atoms with E-state index in [1.807, 2.05) is 37.3 Å². The Bertz CT molecular complexity index is 591. The number of hydrogen-bond donors (Lipinski definition) is 2. The summed E-state index contributed by atoms with van der Waals surface area (Å²) in [6, 6.07) is 11.9. The Labute approximate surface area is 128 Å². The Balaban J connectivity index is 1.96. The topological polar surface area (TPSA) is 64.3 Å². The number of carbonyl (C=O) groups excluding carboxylic acids is 1. The minimum absolute atomic E-state index is 0.00982. The Hall–Kier alpha value is -1.85. The lowest BCUT2D eigenvalue weighted by Gasteiger charge is -2.05. The van der Waals surface area contributed by atoms with Crippen molar-refractivity contribution in [2.45, 2.75) is 25.9 Å². The molecular formula is C16H20N2O2S. The second kappa shape index (κ2) is 7.24. The lowest BCUT2D eigenvalue weighted by atomic mass is 10.2. The van der Waals surface area contributed by atoms with Crippen LogP contribution in [-0.4, -0.2) is 19.1 Å². The van der Waals surface area contributed by atoms with Crippen molar-refractivity contribution in [3.05, 3.63) is 41.3 Å². The molecule has 1 aromatic carbocycles. The summed E-state index contributed by atoms with van der Waals surface area (Å²) in [6.45, 7) is 2.37. The van der Waals surface area contributed by atoms with Gasteiger partial charge in [0.15, 0.2) is 0 Å². The van der Waals surface area contributed by atoms with E-state index >= 15 is 0 Å². The molecule has 0 saturated heterocycles. The number of nitrogens with one attached hydrogen (secondary N) is 1.